The van der Waals surface area contributed by atoms with Gasteiger partial charge in [0.1, 0.15) is 4.88 Å². The van der Waals surface area contributed by atoms with E-state index < -0.39 is 5.97 Å². The molecule has 100 valence electrons. The van der Waals surface area contributed by atoms with E-state index in [4.69, 9.17) is 9.84 Å². The van der Waals surface area contributed by atoms with E-state index >= 15 is 0 Å². The summed E-state index contributed by atoms with van der Waals surface area (Å²) in [6.45, 7) is 8.41. The standard InChI is InChI=1S/C13H18O3S2/c1-12(2)6-10(13(3,4)16-12)18-8-5-9(11(14)15)17-7-8/h5,7,10H,6H2,1-4H3,(H,14,15). The highest BCUT2D eigenvalue weighted by Gasteiger charge is 2.46. The van der Waals surface area contributed by atoms with Crippen LogP contribution in [0.5, 0.6) is 0 Å². The molecule has 5 heteroatoms. The van der Waals surface area contributed by atoms with E-state index in [9.17, 15) is 4.79 Å². The molecule has 3 nitrogen and oxygen atoms in total. The number of carboxylic acids is 1. The molecule has 1 atom stereocenters. The van der Waals surface area contributed by atoms with Gasteiger partial charge < -0.3 is 9.84 Å². The molecule has 0 saturated carbocycles. The van der Waals surface area contributed by atoms with Crippen LogP contribution >= 0.6 is 23.1 Å². The highest BCUT2D eigenvalue weighted by atomic mass is 32.2. The van der Waals surface area contributed by atoms with Crippen LogP contribution in [0, 0.1) is 0 Å². The van der Waals surface area contributed by atoms with Crippen molar-refractivity contribution in [3.05, 3.63) is 16.3 Å². The lowest BCUT2D eigenvalue weighted by Gasteiger charge is -2.26. The van der Waals surface area contributed by atoms with Crippen molar-refractivity contribution in [1.29, 1.82) is 0 Å². The van der Waals surface area contributed by atoms with Crippen molar-refractivity contribution in [1.82, 2.24) is 0 Å². The Labute approximate surface area is 116 Å². The Morgan fingerprint density at radius 1 is 1.50 bits per heavy atom. The van der Waals surface area contributed by atoms with Crippen LogP contribution in [-0.4, -0.2) is 27.5 Å². The van der Waals surface area contributed by atoms with Gasteiger partial charge in [-0.15, -0.1) is 23.1 Å². The van der Waals surface area contributed by atoms with Gasteiger partial charge in [-0.3, -0.25) is 0 Å². The molecule has 2 rings (SSSR count). The van der Waals surface area contributed by atoms with Crippen LogP contribution in [0.25, 0.3) is 0 Å². The third-order valence-electron chi connectivity index (χ3n) is 3.06. The number of thiophene rings is 1. The molecule has 1 unspecified atom stereocenters. The van der Waals surface area contributed by atoms with Crippen molar-refractivity contribution in [2.75, 3.05) is 0 Å². The molecule has 0 radical (unpaired) electrons. The van der Waals surface area contributed by atoms with Gasteiger partial charge in [-0.25, -0.2) is 4.79 Å². The molecule has 1 aliphatic rings. The van der Waals surface area contributed by atoms with E-state index in [2.05, 4.69) is 27.7 Å². The lowest BCUT2D eigenvalue weighted by atomic mass is 10.0. The minimum Gasteiger partial charge on any atom is -0.477 e. The molecule has 2 heterocycles. The first-order valence-electron chi connectivity index (χ1n) is 5.88. The Hall–Kier alpha value is -0.520. The maximum atomic E-state index is 10.9. The SMILES string of the molecule is CC1(C)CC(Sc2csc(C(=O)O)c2)C(C)(C)O1. The summed E-state index contributed by atoms with van der Waals surface area (Å²) in [6.07, 6.45) is 0.975. The van der Waals surface area contributed by atoms with Crippen molar-refractivity contribution >= 4 is 29.1 Å². The van der Waals surface area contributed by atoms with Crippen LogP contribution in [0.3, 0.4) is 0 Å². The topological polar surface area (TPSA) is 46.5 Å². The summed E-state index contributed by atoms with van der Waals surface area (Å²) >= 11 is 3.00. The van der Waals surface area contributed by atoms with Crippen LogP contribution < -0.4 is 0 Å². The molecule has 0 spiro atoms. The average molecular weight is 286 g/mol. The van der Waals surface area contributed by atoms with E-state index in [0.29, 0.717) is 10.1 Å². The maximum absolute atomic E-state index is 10.9. The lowest BCUT2D eigenvalue weighted by Crippen LogP contribution is -2.30. The number of hydrogen-bond acceptors (Lipinski definition) is 4. The maximum Gasteiger partial charge on any atom is 0.345 e. The van der Waals surface area contributed by atoms with Gasteiger partial charge in [0.05, 0.1) is 11.2 Å². The van der Waals surface area contributed by atoms with Crippen molar-refractivity contribution in [2.24, 2.45) is 0 Å². The first kappa shape index (κ1) is 13.9. The third kappa shape index (κ3) is 2.90. The molecule has 0 amide bonds. The smallest absolute Gasteiger partial charge is 0.345 e. The fraction of sp³-hybridized carbons (Fsp3) is 0.615. The average Bonchev–Trinajstić information content (AvgIpc) is 2.69. The highest BCUT2D eigenvalue weighted by Crippen LogP contribution is 2.46. The molecule has 0 aromatic carbocycles. The molecule has 1 fully saturated rings. The summed E-state index contributed by atoms with van der Waals surface area (Å²) in [5.41, 5.74) is -0.285. The molecule has 1 aromatic rings. The van der Waals surface area contributed by atoms with Crippen LogP contribution in [0.4, 0.5) is 0 Å². The van der Waals surface area contributed by atoms with E-state index in [1.165, 1.54) is 11.3 Å². The number of aromatic carboxylic acids is 1. The monoisotopic (exact) mass is 286 g/mol. The molecule has 1 saturated heterocycles. The van der Waals surface area contributed by atoms with Gasteiger partial charge in [-0.05, 0) is 40.2 Å². The number of hydrogen-bond donors (Lipinski definition) is 1. The Bertz CT molecular complexity index is 463. The van der Waals surface area contributed by atoms with Crippen LogP contribution in [0.15, 0.2) is 16.3 Å². The molecular formula is C13H18O3S2. The molecule has 1 N–H and O–H groups in total. The number of thioether (sulfide) groups is 1. The molecule has 0 bridgehead atoms. The number of ether oxygens (including phenoxy) is 1. The first-order valence-corrected chi connectivity index (χ1v) is 7.64. The van der Waals surface area contributed by atoms with Gasteiger partial charge >= 0.3 is 5.97 Å². The van der Waals surface area contributed by atoms with E-state index in [1.807, 2.05) is 5.38 Å². The quantitative estimate of drug-likeness (QED) is 0.916. The van der Waals surface area contributed by atoms with Gasteiger partial charge in [0, 0.05) is 15.5 Å². The number of carboxylic acid groups (broad SMARTS) is 1. The third-order valence-corrected chi connectivity index (χ3v) is 5.65. The van der Waals surface area contributed by atoms with Gasteiger partial charge in [0.2, 0.25) is 0 Å². The summed E-state index contributed by atoms with van der Waals surface area (Å²) in [4.78, 5) is 12.3. The summed E-state index contributed by atoms with van der Waals surface area (Å²) in [5.74, 6) is -0.853. The van der Waals surface area contributed by atoms with Gasteiger partial charge in [0.25, 0.3) is 0 Å². The lowest BCUT2D eigenvalue weighted by molar-refractivity contribution is -0.0631. The second-order valence-corrected chi connectivity index (χ2v) is 7.92. The summed E-state index contributed by atoms with van der Waals surface area (Å²) in [7, 11) is 0. The normalized spacial score (nSPS) is 25.2. The van der Waals surface area contributed by atoms with E-state index in [0.717, 1.165) is 11.3 Å². The van der Waals surface area contributed by atoms with Gasteiger partial charge in [-0.1, -0.05) is 0 Å². The van der Waals surface area contributed by atoms with Crippen molar-refractivity contribution in [3.63, 3.8) is 0 Å². The zero-order valence-electron chi connectivity index (χ0n) is 11.0. The predicted octanol–water partition coefficient (Wildman–Crippen LogP) is 3.88. The zero-order valence-corrected chi connectivity index (χ0v) is 12.7. The number of rotatable bonds is 3. The summed E-state index contributed by atoms with van der Waals surface area (Å²) in [6, 6.07) is 1.75. The molecule has 1 aliphatic heterocycles. The van der Waals surface area contributed by atoms with E-state index in [1.54, 1.807) is 17.8 Å². The Morgan fingerprint density at radius 2 is 2.17 bits per heavy atom. The van der Waals surface area contributed by atoms with E-state index in [-0.39, 0.29) is 11.2 Å². The van der Waals surface area contributed by atoms with Crippen molar-refractivity contribution < 1.29 is 14.6 Å². The van der Waals surface area contributed by atoms with Crippen LogP contribution in [-0.2, 0) is 4.74 Å². The van der Waals surface area contributed by atoms with Crippen molar-refractivity contribution in [3.8, 4) is 0 Å². The largest absolute Gasteiger partial charge is 0.477 e. The number of carbonyl (C=O) groups is 1. The minimum atomic E-state index is -0.853. The fourth-order valence-corrected chi connectivity index (χ4v) is 4.73. The Balaban J connectivity index is 2.11. The molecular weight excluding hydrogens is 268 g/mol. The van der Waals surface area contributed by atoms with Crippen LogP contribution in [0.1, 0.15) is 43.8 Å². The first-order chi connectivity index (χ1) is 8.20. The molecule has 1 aromatic heterocycles. The molecule has 0 aliphatic carbocycles. The van der Waals surface area contributed by atoms with Crippen molar-refractivity contribution in [2.45, 2.75) is 55.5 Å². The fourth-order valence-electron chi connectivity index (χ4n) is 2.35. The second kappa shape index (κ2) is 4.54. The zero-order chi connectivity index (χ0) is 13.6. The van der Waals surface area contributed by atoms with Crippen LogP contribution in [0.2, 0.25) is 0 Å². The Kier molecular flexibility index (Phi) is 3.51. The Morgan fingerprint density at radius 3 is 2.61 bits per heavy atom. The predicted molar refractivity (Wildman–Crippen MR) is 74.8 cm³/mol. The van der Waals surface area contributed by atoms with Gasteiger partial charge in [-0.2, -0.15) is 0 Å². The summed E-state index contributed by atoms with van der Waals surface area (Å²) < 4.78 is 6.04. The second-order valence-electron chi connectivity index (χ2n) is 5.73. The molecule has 18 heavy (non-hydrogen) atoms. The van der Waals surface area contributed by atoms with Gasteiger partial charge in [0.15, 0.2) is 0 Å². The minimum absolute atomic E-state index is 0.104. The highest BCUT2D eigenvalue weighted by molar-refractivity contribution is 8.00. The summed E-state index contributed by atoms with van der Waals surface area (Å²) in [5, 5.41) is 11.2.